The lowest BCUT2D eigenvalue weighted by Gasteiger charge is -2.10. The second-order valence-electron chi connectivity index (χ2n) is 4.36. The lowest BCUT2D eigenvalue weighted by molar-refractivity contribution is 0.0602. The summed E-state index contributed by atoms with van der Waals surface area (Å²) in [6.45, 7) is 0.0190. The van der Waals surface area contributed by atoms with Crippen molar-refractivity contribution >= 4 is 27.3 Å². The normalized spacial score (nSPS) is 13.0. The summed E-state index contributed by atoms with van der Waals surface area (Å²) in [4.78, 5) is 11.4. The Labute approximate surface area is 131 Å². The van der Waals surface area contributed by atoms with Crippen molar-refractivity contribution in [2.75, 3.05) is 13.7 Å². The summed E-state index contributed by atoms with van der Waals surface area (Å²) in [5.41, 5.74) is 0.574. The quantitative estimate of drug-likeness (QED) is 0.737. The lowest BCUT2D eigenvalue weighted by atomic mass is 10.1. The molecule has 0 aromatic carbocycles. The number of aliphatic hydroxyl groups is 1. The first-order chi connectivity index (χ1) is 10.5. The van der Waals surface area contributed by atoms with E-state index in [0.29, 0.717) is 5.56 Å². The molecule has 120 valence electrons. The van der Waals surface area contributed by atoms with Crippen LogP contribution in [0.25, 0.3) is 0 Å². The Kier molecular flexibility index (Phi) is 5.35. The number of aliphatic hydroxyl groups excluding tert-OH is 1. The molecule has 2 N–H and O–H groups in total. The second kappa shape index (κ2) is 7.05. The van der Waals surface area contributed by atoms with Crippen LogP contribution < -0.4 is 4.72 Å². The third-order valence-corrected chi connectivity index (χ3v) is 5.45. The van der Waals surface area contributed by atoms with Crippen molar-refractivity contribution in [2.45, 2.75) is 17.4 Å². The van der Waals surface area contributed by atoms with E-state index in [2.05, 4.69) is 9.46 Å². The van der Waals surface area contributed by atoms with E-state index in [4.69, 9.17) is 4.42 Å². The minimum Gasteiger partial charge on any atom is -0.472 e. The molecule has 0 aliphatic heterocycles. The van der Waals surface area contributed by atoms with E-state index in [1.165, 1.54) is 31.1 Å². The number of hydrogen-bond acceptors (Lipinski definition) is 7. The molecule has 0 amide bonds. The third kappa shape index (κ3) is 3.74. The monoisotopic (exact) mass is 345 g/mol. The highest BCUT2D eigenvalue weighted by Crippen LogP contribution is 2.23. The van der Waals surface area contributed by atoms with E-state index in [1.807, 2.05) is 0 Å². The van der Waals surface area contributed by atoms with Gasteiger partial charge in [0.25, 0.3) is 0 Å². The van der Waals surface area contributed by atoms with Gasteiger partial charge in [0, 0.05) is 12.1 Å². The topological polar surface area (TPSA) is 106 Å². The Morgan fingerprint density at radius 2 is 2.27 bits per heavy atom. The average molecular weight is 345 g/mol. The van der Waals surface area contributed by atoms with Gasteiger partial charge in [0.1, 0.15) is 9.77 Å². The second-order valence-corrected chi connectivity index (χ2v) is 7.02. The highest BCUT2D eigenvalue weighted by Gasteiger charge is 2.24. The van der Waals surface area contributed by atoms with Crippen molar-refractivity contribution < 1.29 is 27.5 Å². The van der Waals surface area contributed by atoms with Crippen molar-refractivity contribution in [3.8, 4) is 0 Å². The van der Waals surface area contributed by atoms with Crippen molar-refractivity contribution in [3.63, 3.8) is 0 Å². The zero-order valence-electron chi connectivity index (χ0n) is 11.7. The molecule has 2 heterocycles. The molecule has 2 aromatic rings. The Morgan fingerprint density at radius 3 is 2.91 bits per heavy atom. The molecule has 0 bridgehead atoms. The standard InChI is InChI=1S/C13H15NO6S2/c1-19-13(16)12-11(4-7-21-12)22(17,18)14-5-2-10(15)9-3-6-20-8-9/h3-4,6-8,10,14-15H,2,5H2,1H3/t10-/m0/s1. The first-order valence-corrected chi connectivity index (χ1v) is 8.67. The van der Waals surface area contributed by atoms with E-state index in [-0.39, 0.29) is 22.7 Å². The van der Waals surface area contributed by atoms with Gasteiger partial charge in [-0.25, -0.2) is 17.9 Å². The van der Waals surface area contributed by atoms with E-state index in [0.717, 1.165) is 11.3 Å². The Hall–Kier alpha value is -1.68. The van der Waals surface area contributed by atoms with Crippen LogP contribution in [0.2, 0.25) is 0 Å². The van der Waals surface area contributed by atoms with Gasteiger partial charge in [-0.3, -0.25) is 0 Å². The minimum absolute atomic E-state index is 0.0189. The van der Waals surface area contributed by atoms with Crippen LogP contribution in [0, 0.1) is 0 Å². The van der Waals surface area contributed by atoms with E-state index < -0.39 is 22.1 Å². The summed E-state index contributed by atoms with van der Waals surface area (Å²) in [5, 5.41) is 11.4. The summed E-state index contributed by atoms with van der Waals surface area (Å²) < 4.78 is 36.1. The number of ether oxygens (including phenoxy) is 1. The van der Waals surface area contributed by atoms with E-state index >= 15 is 0 Å². The smallest absolute Gasteiger partial charge is 0.349 e. The van der Waals surface area contributed by atoms with Crippen LogP contribution in [0.1, 0.15) is 27.8 Å². The van der Waals surface area contributed by atoms with Gasteiger partial charge in [0.2, 0.25) is 10.0 Å². The average Bonchev–Trinajstić information content (AvgIpc) is 3.17. The molecule has 9 heteroatoms. The number of carbonyl (C=O) groups is 1. The number of esters is 1. The summed E-state index contributed by atoms with van der Waals surface area (Å²) in [6.07, 6.45) is 2.17. The van der Waals surface area contributed by atoms with Gasteiger partial charge in [0.05, 0.1) is 25.7 Å². The van der Waals surface area contributed by atoms with Gasteiger partial charge in [-0.15, -0.1) is 11.3 Å². The fraction of sp³-hybridized carbons (Fsp3) is 0.308. The molecular weight excluding hydrogens is 330 g/mol. The largest absolute Gasteiger partial charge is 0.472 e. The highest BCUT2D eigenvalue weighted by atomic mass is 32.2. The molecule has 0 aliphatic rings. The molecule has 2 rings (SSSR count). The number of nitrogens with one attached hydrogen (secondary N) is 1. The predicted molar refractivity (Wildman–Crippen MR) is 79.1 cm³/mol. The maximum Gasteiger partial charge on any atom is 0.349 e. The molecule has 7 nitrogen and oxygen atoms in total. The molecule has 0 saturated heterocycles. The minimum atomic E-state index is -3.84. The van der Waals surface area contributed by atoms with Gasteiger partial charge >= 0.3 is 5.97 Å². The summed E-state index contributed by atoms with van der Waals surface area (Å²) in [7, 11) is -2.65. The molecule has 0 fully saturated rings. The number of rotatable bonds is 7. The Bertz CT molecular complexity index is 720. The molecule has 0 saturated carbocycles. The molecule has 22 heavy (non-hydrogen) atoms. The lowest BCUT2D eigenvalue weighted by Crippen LogP contribution is -2.26. The summed E-state index contributed by atoms with van der Waals surface area (Å²) >= 11 is 0.991. The summed E-state index contributed by atoms with van der Waals surface area (Å²) in [6, 6.07) is 2.94. The zero-order valence-corrected chi connectivity index (χ0v) is 13.3. The number of furan rings is 1. The van der Waals surface area contributed by atoms with Gasteiger partial charge in [-0.05, 0) is 23.9 Å². The van der Waals surface area contributed by atoms with Gasteiger partial charge < -0.3 is 14.3 Å². The van der Waals surface area contributed by atoms with Crippen LogP contribution in [-0.4, -0.2) is 33.1 Å². The molecule has 0 aliphatic carbocycles. The van der Waals surface area contributed by atoms with Crippen molar-refractivity contribution in [2.24, 2.45) is 0 Å². The molecule has 0 unspecified atom stereocenters. The van der Waals surface area contributed by atoms with Crippen LogP contribution >= 0.6 is 11.3 Å². The first kappa shape index (κ1) is 16.7. The van der Waals surface area contributed by atoms with Crippen LogP contribution in [0.3, 0.4) is 0 Å². The third-order valence-electron chi connectivity index (χ3n) is 2.93. The predicted octanol–water partition coefficient (Wildman–Crippen LogP) is 1.53. The summed E-state index contributed by atoms with van der Waals surface area (Å²) in [5.74, 6) is -0.700. The zero-order chi connectivity index (χ0) is 16.2. The van der Waals surface area contributed by atoms with Crippen LogP contribution in [0.5, 0.6) is 0 Å². The van der Waals surface area contributed by atoms with Crippen molar-refractivity contribution in [1.82, 2.24) is 4.72 Å². The van der Waals surface area contributed by atoms with Crippen LogP contribution in [-0.2, 0) is 14.8 Å². The first-order valence-electron chi connectivity index (χ1n) is 6.31. The van der Waals surface area contributed by atoms with E-state index in [1.54, 1.807) is 6.07 Å². The van der Waals surface area contributed by atoms with Gasteiger partial charge in [-0.1, -0.05) is 0 Å². The number of thiophene rings is 1. The molecule has 0 spiro atoms. The van der Waals surface area contributed by atoms with Gasteiger partial charge in [-0.2, -0.15) is 0 Å². The highest BCUT2D eigenvalue weighted by molar-refractivity contribution is 7.89. The maximum absolute atomic E-state index is 12.2. The number of hydrogen-bond donors (Lipinski definition) is 2. The van der Waals surface area contributed by atoms with Crippen LogP contribution in [0.15, 0.2) is 39.4 Å². The fourth-order valence-electron chi connectivity index (χ4n) is 1.79. The number of methoxy groups -OCH3 is 1. The Balaban J connectivity index is 2.00. The van der Waals surface area contributed by atoms with Gasteiger partial charge in [0.15, 0.2) is 0 Å². The van der Waals surface area contributed by atoms with Crippen molar-refractivity contribution in [1.29, 1.82) is 0 Å². The van der Waals surface area contributed by atoms with Crippen molar-refractivity contribution in [3.05, 3.63) is 40.5 Å². The molecule has 2 aromatic heterocycles. The fourth-order valence-corrected chi connectivity index (χ4v) is 4.17. The maximum atomic E-state index is 12.2. The molecular formula is C13H15NO6S2. The van der Waals surface area contributed by atoms with E-state index in [9.17, 15) is 18.3 Å². The number of carbonyl (C=O) groups excluding carboxylic acids is 1. The molecule has 0 radical (unpaired) electrons. The van der Waals surface area contributed by atoms with Crippen LogP contribution in [0.4, 0.5) is 0 Å². The SMILES string of the molecule is COC(=O)c1sccc1S(=O)(=O)NCC[C@H](O)c1ccoc1. The number of sulfonamides is 1. The molecule has 1 atom stereocenters. The Morgan fingerprint density at radius 1 is 1.50 bits per heavy atom.